The maximum atomic E-state index is 13.5. The monoisotopic (exact) mass is 603 g/mol. The SMILES string of the molecule is CCCCC(=O)N(Cc1ccc(-c2ccccc2-c2nn[nH]n2)cc1Br)C(C(=O)OCc1ccccc1)C(C)C. The molecule has 40 heavy (non-hydrogen) atoms. The van der Waals surface area contributed by atoms with Crippen LogP contribution in [0.5, 0.6) is 0 Å². The van der Waals surface area contributed by atoms with E-state index in [1.807, 2.05) is 93.6 Å². The van der Waals surface area contributed by atoms with Crippen LogP contribution in [0.4, 0.5) is 0 Å². The molecule has 1 heterocycles. The number of tetrazole rings is 1. The second-order valence-corrected chi connectivity index (χ2v) is 10.8. The first-order chi connectivity index (χ1) is 19.4. The minimum Gasteiger partial charge on any atom is -0.459 e. The summed E-state index contributed by atoms with van der Waals surface area (Å²) < 4.78 is 6.55. The quantitative estimate of drug-likeness (QED) is 0.183. The fourth-order valence-corrected chi connectivity index (χ4v) is 5.12. The summed E-state index contributed by atoms with van der Waals surface area (Å²) in [6.07, 6.45) is 2.02. The maximum Gasteiger partial charge on any atom is 0.329 e. The van der Waals surface area contributed by atoms with Crippen LogP contribution >= 0.6 is 15.9 Å². The van der Waals surface area contributed by atoms with E-state index in [2.05, 4.69) is 36.6 Å². The lowest BCUT2D eigenvalue weighted by Crippen LogP contribution is -2.48. The molecule has 1 aromatic heterocycles. The number of aromatic nitrogens is 4. The van der Waals surface area contributed by atoms with Crippen molar-refractivity contribution in [3.05, 3.63) is 88.4 Å². The molecule has 4 rings (SSSR count). The zero-order valence-corrected chi connectivity index (χ0v) is 24.6. The van der Waals surface area contributed by atoms with E-state index in [1.165, 1.54) is 0 Å². The molecule has 0 fully saturated rings. The molecule has 9 heteroatoms. The lowest BCUT2D eigenvalue weighted by molar-refractivity contribution is -0.159. The molecule has 0 bridgehead atoms. The number of ether oxygens (including phenoxy) is 1. The van der Waals surface area contributed by atoms with Gasteiger partial charge in [0.15, 0.2) is 0 Å². The summed E-state index contributed by atoms with van der Waals surface area (Å²) in [5, 5.41) is 14.5. The van der Waals surface area contributed by atoms with Gasteiger partial charge in [-0.3, -0.25) is 4.79 Å². The third-order valence-corrected chi connectivity index (χ3v) is 7.45. The zero-order chi connectivity index (χ0) is 28.5. The van der Waals surface area contributed by atoms with Gasteiger partial charge in [-0.25, -0.2) is 4.79 Å². The van der Waals surface area contributed by atoms with E-state index in [4.69, 9.17) is 4.74 Å². The van der Waals surface area contributed by atoms with E-state index in [0.717, 1.165) is 45.1 Å². The molecule has 0 aliphatic carbocycles. The Bertz CT molecular complexity index is 1410. The summed E-state index contributed by atoms with van der Waals surface area (Å²) in [5.74, 6) is -0.0767. The van der Waals surface area contributed by atoms with E-state index in [-0.39, 0.29) is 25.0 Å². The van der Waals surface area contributed by atoms with Gasteiger partial charge in [0.25, 0.3) is 0 Å². The predicted molar refractivity (Wildman–Crippen MR) is 158 cm³/mol. The molecular formula is C31H34BrN5O3. The Morgan fingerprint density at radius 2 is 1.73 bits per heavy atom. The first kappa shape index (κ1) is 29.1. The largest absolute Gasteiger partial charge is 0.459 e. The first-order valence-electron chi connectivity index (χ1n) is 13.5. The van der Waals surface area contributed by atoms with E-state index < -0.39 is 12.0 Å². The second-order valence-electron chi connectivity index (χ2n) is 9.99. The van der Waals surface area contributed by atoms with Gasteiger partial charge in [-0.05, 0) is 45.9 Å². The molecule has 0 spiro atoms. The number of nitrogens with one attached hydrogen (secondary N) is 1. The van der Waals surface area contributed by atoms with Crippen molar-refractivity contribution in [2.24, 2.45) is 5.92 Å². The molecule has 1 N–H and O–H groups in total. The standard InChI is InChI=1S/C31H34BrN5O3/c1-4-5-15-28(38)37(29(21(2)3)31(39)40-20-22-11-7-6-8-12-22)19-24-17-16-23(18-27(24)32)25-13-9-10-14-26(25)30-33-35-36-34-30/h6-14,16-18,21,29H,4-5,15,19-20H2,1-3H3,(H,33,34,35,36). The van der Waals surface area contributed by atoms with Crippen LogP contribution in [0.2, 0.25) is 0 Å². The number of aromatic amines is 1. The number of hydrogen-bond donors (Lipinski definition) is 1. The highest BCUT2D eigenvalue weighted by Crippen LogP contribution is 2.33. The summed E-state index contributed by atoms with van der Waals surface area (Å²) in [5.41, 5.74) is 4.57. The molecule has 0 aliphatic heterocycles. The zero-order valence-electron chi connectivity index (χ0n) is 23.0. The van der Waals surface area contributed by atoms with Gasteiger partial charge < -0.3 is 9.64 Å². The molecule has 1 amide bonds. The number of halogens is 1. The van der Waals surface area contributed by atoms with Crippen LogP contribution in [-0.2, 0) is 27.5 Å². The number of nitrogens with zero attached hydrogens (tertiary/aromatic N) is 4. The molecule has 0 aliphatic rings. The number of amides is 1. The molecule has 3 aromatic carbocycles. The van der Waals surface area contributed by atoms with Gasteiger partial charge in [-0.1, -0.05) is 110 Å². The number of unbranched alkanes of at least 4 members (excludes halogenated alkanes) is 1. The molecule has 0 radical (unpaired) electrons. The number of carbonyl (C=O) groups excluding carboxylic acids is 2. The number of H-pyrrole nitrogens is 1. The van der Waals surface area contributed by atoms with Crippen LogP contribution in [0.1, 0.15) is 51.2 Å². The molecule has 1 unspecified atom stereocenters. The number of carbonyl (C=O) groups is 2. The summed E-state index contributed by atoms with van der Waals surface area (Å²) in [7, 11) is 0. The maximum absolute atomic E-state index is 13.5. The van der Waals surface area contributed by atoms with Gasteiger partial charge in [0.1, 0.15) is 12.6 Å². The number of rotatable bonds is 12. The summed E-state index contributed by atoms with van der Waals surface area (Å²) in [6, 6.07) is 22.7. The third kappa shape index (κ3) is 7.21. The van der Waals surface area contributed by atoms with Crippen LogP contribution in [-0.4, -0.2) is 43.4 Å². The Labute approximate surface area is 243 Å². The Morgan fingerprint density at radius 3 is 2.38 bits per heavy atom. The van der Waals surface area contributed by atoms with Gasteiger partial charge in [-0.15, -0.1) is 10.2 Å². The van der Waals surface area contributed by atoms with E-state index >= 15 is 0 Å². The Balaban J connectivity index is 1.61. The van der Waals surface area contributed by atoms with Crippen molar-refractivity contribution in [3.8, 4) is 22.5 Å². The van der Waals surface area contributed by atoms with Gasteiger partial charge in [0.05, 0.1) is 0 Å². The molecule has 0 saturated carbocycles. The Kier molecular flexibility index (Phi) is 10.2. The number of hydrogen-bond acceptors (Lipinski definition) is 6. The summed E-state index contributed by atoms with van der Waals surface area (Å²) in [4.78, 5) is 28.6. The van der Waals surface area contributed by atoms with Crippen molar-refractivity contribution >= 4 is 27.8 Å². The fraction of sp³-hybridized carbons (Fsp3) is 0.323. The second kappa shape index (κ2) is 14.0. The van der Waals surface area contributed by atoms with Crippen molar-refractivity contribution in [1.82, 2.24) is 25.5 Å². The summed E-state index contributed by atoms with van der Waals surface area (Å²) >= 11 is 3.73. The minimum atomic E-state index is -0.710. The summed E-state index contributed by atoms with van der Waals surface area (Å²) in [6.45, 7) is 6.38. The normalized spacial score (nSPS) is 11.8. The predicted octanol–water partition coefficient (Wildman–Crippen LogP) is 6.58. The van der Waals surface area contributed by atoms with E-state index in [1.54, 1.807) is 4.90 Å². The lowest BCUT2D eigenvalue weighted by Gasteiger charge is -2.33. The molecule has 8 nitrogen and oxygen atoms in total. The third-order valence-electron chi connectivity index (χ3n) is 6.72. The van der Waals surface area contributed by atoms with Gasteiger partial charge in [0, 0.05) is 23.0 Å². The van der Waals surface area contributed by atoms with Crippen LogP contribution in [0, 0.1) is 5.92 Å². The van der Waals surface area contributed by atoms with E-state index in [9.17, 15) is 9.59 Å². The topological polar surface area (TPSA) is 101 Å². The van der Waals surface area contributed by atoms with Crippen molar-refractivity contribution in [2.75, 3.05) is 0 Å². The van der Waals surface area contributed by atoms with Crippen LogP contribution in [0.25, 0.3) is 22.5 Å². The van der Waals surface area contributed by atoms with E-state index in [0.29, 0.717) is 12.2 Å². The average Bonchev–Trinajstić information content (AvgIpc) is 3.51. The number of benzene rings is 3. The first-order valence-corrected chi connectivity index (χ1v) is 14.3. The fourth-order valence-electron chi connectivity index (χ4n) is 4.62. The highest BCUT2D eigenvalue weighted by molar-refractivity contribution is 9.10. The van der Waals surface area contributed by atoms with Crippen LogP contribution < -0.4 is 0 Å². The molecular weight excluding hydrogens is 570 g/mol. The highest BCUT2D eigenvalue weighted by Gasteiger charge is 2.34. The lowest BCUT2D eigenvalue weighted by atomic mass is 9.97. The Hall–Kier alpha value is -3.85. The molecule has 208 valence electrons. The van der Waals surface area contributed by atoms with Gasteiger partial charge in [0.2, 0.25) is 11.7 Å². The molecule has 1 atom stereocenters. The average molecular weight is 605 g/mol. The van der Waals surface area contributed by atoms with Crippen molar-refractivity contribution in [2.45, 2.75) is 59.2 Å². The molecule has 0 saturated heterocycles. The van der Waals surface area contributed by atoms with Crippen molar-refractivity contribution in [3.63, 3.8) is 0 Å². The number of esters is 1. The highest BCUT2D eigenvalue weighted by atomic mass is 79.9. The minimum absolute atomic E-state index is 0.0596. The Morgan fingerprint density at radius 1 is 1.00 bits per heavy atom. The van der Waals surface area contributed by atoms with Crippen LogP contribution in [0.3, 0.4) is 0 Å². The molecule has 4 aromatic rings. The van der Waals surface area contributed by atoms with Gasteiger partial charge >= 0.3 is 5.97 Å². The van der Waals surface area contributed by atoms with Crippen LogP contribution in [0.15, 0.2) is 77.3 Å². The van der Waals surface area contributed by atoms with Gasteiger partial charge in [-0.2, -0.15) is 5.21 Å². The van der Waals surface area contributed by atoms with Crippen molar-refractivity contribution in [1.29, 1.82) is 0 Å². The smallest absolute Gasteiger partial charge is 0.329 e. The van der Waals surface area contributed by atoms with Crippen molar-refractivity contribution < 1.29 is 14.3 Å².